The van der Waals surface area contributed by atoms with Gasteiger partial charge in [-0.2, -0.15) is 0 Å². The van der Waals surface area contributed by atoms with E-state index in [4.69, 9.17) is 14.2 Å². The second kappa shape index (κ2) is 8.17. The molecule has 1 aromatic carbocycles. The van der Waals surface area contributed by atoms with Crippen molar-refractivity contribution in [1.82, 2.24) is 4.90 Å². The van der Waals surface area contributed by atoms with Gasteiger partial charge in [0.1, 0.15) is 11.5 Å². The molecule has 1 aliphatic heterocycles. The molecule has 1 heterocycles. The third-order valence-corrected chi connectivity index (χ3v) is 3.79. The molecule has 0 radical (unpaired) electrons. The lowest BCUT2D eigenvalue weighted by molar-refractivity contribution is -0.117. The van der Waals surface area contributed by atoms with E-state index in [1.54, 1.807) is 32.4 Å². The molecule has 1 saturated heterocycles. The molecule has 23 heavy (non-hydrogen) atoms. The average Bonchev–Trinajstić information content (AvgIpc) is 2.51. The summed E-state index contributed by atoms with van der Waals surface area (Å²) in [6, 6.07) is 5.32. The Bertz CT molecular complexity index is 503. The number of benzene rings is 1. The standard InChI is InChI=1S/C17H26N2O4/c1-12-10-19(11-13(2)23-12)6-5-17(20)18-14-7-15(21-3)9-16(8-14)22-4/h7-9,12-13H,5-6,10-11H2,1-4H3,(H,18,20)/t12-,13+. The monoisotopic (exact) mass is 322 g/mol. The summed E-state index contributed by atoms with van der Waals surface area (Å²) in [5.74, 6) is 1.28. The number of morpholine rings is 1. The van der Waals surface area contributed by atoms with Gasteiger partial charge in [0.25, 0.3) is 0 Å². The number of carbonyl (C=O) groups is 1. The highest BCUT2D eigenvalue weighted by atomic mass is 16.5. The van der Waals surface area contributed by atoms with E-state index >= 15 is 0 Å². The van der Waals surface area contributed by atoms with Gasteiger partial charge in [-0.3, -0.25) is 9.69 Å². The van der Waals surface area contributed by atoms with E-state index in [2.05, 4.69) is 24.1 Å². The minimum absolute atomic E-state index is 0.0212. The SMILES string of the molecule is COc1cc(NC(=O)CCN2C[C@@H](C)O[C@@H](C)C2)cc(OC)c1. The first-order valence-corrected chi connectivity index (χ1v) is 7.91. The van der Waals surface area contributed by atoms with Crippen molar-refractivity contribution in [2.75, 3.05) is 39.2 Å². The number of nitrogens with zero attached hydrogens (tertiary/aromatic N) is 1. The van der Waals surface area contributed by atoms with Crippen molar-refractivity contribution in [3.63, 3.8) is 0 Å². The van der Waals surface area contributed by atoms with E-state index in [-0.39, 0.29) is 18.1 Å². The Kier molecular flexibility index (Phi) is 6.24. The molecule has 128 valence electrons. The van der Waals surface area contributed by atoms with Crippen LogP contribution in [0.15, 0.2) is 18.2 Å². The quantitative estimate of drug-likeness (QED) is 0.869. The molecule has 1 aliphatic rings. The molecule has 1 fully saturated rings. The summed E-state index contributed by atoms with van der Waals surface area (Å²) in [7, 11) is 3.17. The van der Waals surface area contributed by atoms with E-state index in [9.17, 15) is 4.79 Å². The molecule has 1 amide bonds. The van der Waals surface area contributed by atoms with Crippen molar-refractivity contribution in [2.24, 2.45) is 0 Å². The van der Waals surface area contributed by atoms with Gasteiger partial charge in [-0.25, -0.2) is 0 Å². The number of amides is 1. The highest BCUT2D eigenvalue weighted by Crippen LogP contribution is 2.25. The molecule has 1 N–H and O–H groups in total. The zero-order valence-electron chi connectivity index (χ0n) is 14.3. The summed E-state index contributed by atoms with van der Waals surface area (Å²) in [5, 5.41) is 2.90. The number of hydrogen-bond acceptors (Lipinski definition) is 5. The maximum absolute atomic E-state index is 12.2. The first-order valence-electron chi connectivity index (χ1n) is 7.91. The topological polar surface area (TPSA) is 60.0 Å². The van der Waals surface area contributed by atoms with Crippen LogP contribution in [-0.4, -0.2) is 56.9 Å². The third-order valence-electron chi connectivity index (χ3n) is 3.79. The van der Waals surface area contributed by atoms with E-state index < -0.39 is 0 Å². The van der Waals surface area contributed by atoms with Crippen LogP contribution in [0.25, 0.3) is 0 Å². The molecule has 2 atom stereocenters. The molecule has 0 aliphatic carbocycles. The van der Waals surface area contributed by atoms with Crippen LogP contribution in [0.4, 0.5) is 5.69 Å². The van der Waals surface area contributed by atoms with Crippen molar-refractivity contribution < 1.29 is 19.0 Å². The van der Waals surface area contributed by atoms with Crippen LogP contribution in [0.3, 0.4) is 0 Å². The summed E-state index contributed by atoms with van der Waals surface area (Å²) in [6.07, 6.45) is 0.868. The molecular formula is C17H26N2O4. The van der Waals surface area contributed by atoms with E-state index in [1.165, 1.54) is 0 Å². The van der Waals surface area contributed by atoms with Crippen molar-refractivity contribution in [3.8, 4) is 11.5 Å². The first kappa shape index (κ1) is 17.6. The molecule has 6 nitrogen and oxygen atoms in total. The van der Waals surface area contributed by atoms with Gasteiger partial charge < -0.3 is 19.5 Å². The van der Waals surface area contributed by atoms with Crippen LogP contribution >= 0.6 is 0 Å². The molecule has 1 aromatic rings. The van der Waals surface area contributed by atoms with Gasteiger partial charge in [-0.15, -0.1) is 0 Å². The zero-order valence-corrected chi connectivity index (χ0v) is 14.3. The summed E-state index contributed by atoms with van der Waals surface area (Å²) >= 11 is 0. The Morgan fingerprint density at radius 3 is 2.26 bits per heavy atom. The number of rotatable bonds is 6. The lowest BCUT2D eigenvalue weighted by Crippen LogP contribution is -2.46. The van der Waals surface area contributed by atoms with Crippen LogP contribution < -0.4 is 14.8 Å². The zero-order chi connectivity index (χ0) is 16.8. The second-order valence-electron chi connectivity index (χ2n) is 5.92. The van der Waals surface area contributed by atoms with E-state index in [0.29, 0.717) is 23.6 Å². The Morgan fingerprint density at radius 1 is 1.17 bits per heavy atom. The maximum Gasteiger partial charge on any atom is 0.225 e. The van der Waals surface area contributed by atoms with Crippen molar-refractivity contribution >= 4 is 11.6 Å². The molecule has 6 heteroatoms. The molecule has 0 bridgehead atoms. The normalized spacial score (nSPS) is 21.7. The number of carbonyl (C=O) groups excluding carboxylic acids is 1. The van der Waals surface area contributed by atoms with Gasteiger partial charge >= 0.3 is 0 Å². The second-order valence-corrected chi connectivity index (χ2v) is 5.92. The van der Waals surface area contributed by atoms with Gasteiger partial charge in [0, 0.05) is 49.9 Å². The molecular weight excluding hydrogens is 296 g/mol. The Morgan fingerprint density at radius 2 is 1.74 bits per heavy atom. The molecule has 2 rings (SSSR count). The van der Waals surface area contributed by atoms with Gasteiger partial charge in [0.15, 0.2) is 0 Å². The minimum atomic E-state index is -0.0212. The number of nitrogens with one attached hydrogen (secondary N) is 1. The van der Waals surface area contributed by atoms with E-state index in [0.717, 1.165) is 19.6 Å². The van der Waals surface area contributed by atoms with Crippen LogP contribution in [0.5, 0.6) is 11.5 Å². The summed E-state index contributed by atoms with van der Waals surface area (Å²) < 4.78 is 16.1. The van der Waals surface area contributed by atoms with Crippen LogP contribution in [-0.2, 0) is 9.53 Å². The van der Waals surface area contributed by atoms with Gasteiger partial charge in [-0.05, 0) is 13.8 Å². The minimum Gasteiger partial charge on any atom is -0.497 e. The number of hydrogen-bond donors (Lipinski definition) is 1. The Balaban J connectivity index is 1.87. The Labute approximate surface area is 137 Å². The summed E-state index contributed by atoms with van der Waals surface area (Å²) in [6.45, 7) is 6.58. The van der Waals surface area contributed by atoms with Crippen molar-refractivity contribution in [3.05, 3.63) is 18.2 Å². The molecule has 0 spiro atoms. The summed E-state index contributed by atoms with van der Waals surface area (Å²) in [4.78, 5) is 14.4. The van der Waals surface area contributed by atoms with Crippen molar-refractivity contribution in [2.45, 2.75) is 32.5 Å². The highest BCUT2D eigenvalue weighted by molar-refractivity contribution is 5.91. The van der Waals surface area contributed by atoms with E-state index in [1.807, 2.05) is 0 Å². The van der Waals surface area contributed by atoms with Crippen LogP contribution in [0.2, 0.25) is 0 Å². The smallest absolute Gasteiger partial charge is 0.225 e. The Hall–Kier alpha value is -1.79. The van der Waals surface area contributed by atoms with Crippen LogP contribution in [0.1, 0.15) is 20.3 Å². The van der Waals surface area contributed by atoms with Gasteiger partial charge in [0.2, 0.25) is 5.91 Å². The van der Waals surface area contributed by atoms with Gasteiger partial charge in [-0.1, -0.05) is 0 Å². The lowest BCUT2D eigenvalue weighted by atomic mass is 10.2. The lowest BCUT2D eigenvalue weighted by Gasteiger charge is -2.35. The largest absolute Gasteiger partial charge is 0.497 e. The molecule has 0 unspecified atom stereocenters. The number of anilines is 1. The predicted molar refractivity (Wildman–Crippen MR) is 89.2 cm³/mol. The average molecular weight is 322 g/mol. The number of methoxy groups -OCH3 is 2. The third kappa shape index (κ3) is 5.41. The highest BCUT2D eigenvalue weighted by Gasteiger charge is 2.22. The molecule has 0 saturated carbocycles. The van der Waals surface area contributed by atoms with Gasteiger partial charge in [0.05, 0.1) is 26.4 Å². The summed E-state index contributed by atoms with van der Waals surface area (Å²) in [5.41, 5.74) is 0.676. The fraction of sp³-hybridized carbons (Fsp3) is 0.588. The fourth-order valence-corrected chi connectivity index (χ4v) is 2.83. The van der Waals surface area contributed by atoms with Crippen molar-refractivity contribution in [1.29, 1.82) is 0 Å². The predicted octanol–water partition coefficient (Wildman–Crippen LogP) is 2.14. The maximum atomic E-state index is 12.2. The fourth-order valence-electron chi connectivity index (χ4n) is 2.83. The molecule has 0 aromatic heterocycles. The van der Waals surface area contributed by atoms with Crippen LogP contribution in [0, 0.1) is 0 Å². The number of ether oxygens (including phenoxy) is 3. The first-order chi connectivity index (χ1) is 11.0.